The van der Waals surface area contributed by atoms with Crippen LogP contribution in [0.1, 0.15) is 38.6 Å². The highest BCUT2D eigenvalue weighted by molar-refractivity contribution is 6.27. The third-order valence-corrected chi connectivity index (χ3v) is 4.65. The summed E-state index contributed by atoms with van der Waals surface area (Å²) in [5.74, 6) is -2.14. The maximum Gasteiger partial charge on any atom is 0.312 e. The van der Waals surface area contributed by atoms with Crippen molar-refractivity contribution >= 4 is 17.5 Å². The average Bonchev–Trinajstić information content (AvgIpc) is 2.65. The number of fused-ring (bicyclic) bond motifs is 1. The van der Waals surface area contributed by atoms with Crippen molar-refractivity contribution < 1.29 is 29.0 Å². The fourth-order valence-corrected chi connectivity index (χ4v) is 3.42. The predicted octanol–water partition coefficient (Wildman–Crippen LogP) is 2.76. The molecular formula is C20H14O6. The summed E-state index contributed by atoms with van der Waals surface area (Å²) in [6.45, 7) is 0. The van der Waals surface area contributed by atoms with Crippen LogP contribution in [0.2, 0.25) is 0 Å². The number of carbonyl (C=O) groups excluding carboxylic acids is 3. The highest BCUT2D eigenvalue weighted by Gasteiger charge is 2.42. The van der Waals surface area contributed by atoms with Crippen molar-refractivity contribution in [3.63, 3.8) is 0 Å². The monoisotopic (exact) mass is 350 g/mol. The van der Waals surface area contributed by atoms with Gasteiger partial charge in [-0.1, -0.05) is 30.3 Å². The van der Waals surface area contributed by atoms with Crippen LogP contribution in [0.25, 0.3) is 0 Å². The van der Waals surface area contributed by atoms with Gasteiger partial charge in [-0.15, -0.1) is 0 Å². The van der Waals surface area contributed by atoms with Crippen LogP contribution in [0.5, 0.6) is 11.5 Å². The van der Waals surface area contributed by atoms with Crippen molar-refractivity contribution in [2.24, 2.45) is 0 Å². The van der Waals surface area contributed by atoms with Gasteiger partial charge in [0.15, 0.2) is 23.0 Å². The van der Waals surface area contributed by atoms with Gasteiger partial charge < -0.3 is 14.6 Å². The molecule has 1 atom stereocenters. The van der Waals surface area contributed by atoms with Gasteiger partial charge in [0.1, 0.15) is 0 Å². The molecule has 6 nitrogen and oxygen atoms in total. The van der Waals surface area contributed by atoms with Crippen LogP contribution in [-0.4, -0.2) is 29.8 Å². The molecule has 0 amide bonds. The van der Waals surface area contributed by atoms with Crippen molar-refractivity contribution in [2.75, 3.05) is 7.11 Å². The number of esters is 1. The van der Waals surface area contributed by atoms with Crippen LogP contribution in [0.3, 0.4) is 0 Å². The first-order valence-corrected chi connectivity index (χ1v) is 8.01. The fourth-order valence-electron chi connectivity index (χ4n) is 3.42. The van der Waals surface area contributed by atoms with Crippen molar-refractivity contribution in [1.82, 2.24) is 0 Å². The number of phenolic OH excluding ortho intramolecular Hbond substituents is 1. The number of benzene rings is 2. The Morgan fingerprint density at radius 2 is 1.73 bits per heavy atom. The first-order chi connectivity index (χ1) is 12.5. The number of hydrogen-bond acceptors (Lipinski definition) is 6. The predicted molar refractivity (Wildman–Crippen MR) is 90.2 cm³/mol. The van der Waals surface area contributed by atoms with Crippen LogP contribution < -0.4 is 4.74 Å². The Hall–Kier alpha value is -3.41. The van der Waals surface area contributed by atoms with E-state index in [-0.39, 0.29) is 46.2 Å². The number of ether oxygens (including phenoxy) is 2. The molecule has 1 N–H and O–H groups in total. The highest BCUT2D eigenvalue weighted by Crippen LogP contribution is 2.42. The molecule has 0 radical (unpaired) electrons. The molecular weight excluding hydrogens is 336 g/mol. The molecule has 2 aliphatic rings. The lowest BCUT2D eigenvalue weighted by Gasteiger charge is -2.30. The molecule has 0 spiro atoms. The quantitative estimate of drug-likeness (QED) is 0.838. The van der Waals surface area contributed by atoms with Gasteiger partial charge in [-0.2, -0.15) is 0 Å². The molecule has 1 aliphatic carbocycles. The maximum absolute atomic E-state index is 13.0. The van der Waals surface area contributed by atoms with E-state index < -0.39 is 17.7 Å². The van der Waals surface area contributed by atoms with E-state index in [4.69, 9.17) is 9.47 Å². The zero-order valence-corrected chi connectivity index (χ0v) is 13.8. The fraction of sp³-hybridized carbons (Fsp3) is 0.150. The molecule has 2 aromatic rings. The molecule has 2 aromatic carbocycles. The molecule has 4 rings (SSSR count). The van der Waals surface area contributed by atoms with Gasteiger partial charge in [-0.25, -0.2) is 0 Å². The molecule has 0 bridgehead atoms. The van der Waals surface area contributed by atoms with Crippen LogP contribution in [-0.2, 0) is 9.53 Å². The van der Waals surface area contributed by atoms with Gasteiger partial charge in [0.2, 0.25) is 5.78 Å². The lowest BCUT2D eigenvalue weighted by Crippen LogP contribution is -2.32. The zero-order valence-electron chi connectivity index (χ0n) is 13.8. The standard InChI is InChI=1S/C20H14O6/c1-25-15-7-6-10(8-14(15)21)13-9-16(22)26-20-17(13)18(23)11-4-2-3-5-12(11)19(20)24/h2-8,13,21H,9H2,1H3/t13-/m0/s1. The van der Waals surface area contributed by atoms with Crippen LogP contribution in [0, 0.1) is 0 Å². The van der Waals surface area contributed by atoms with E-state index in [2.05, 4.69) is 0 Å². The van der Waals surface area contributed by atoms with Crippen LogP contribution in [0.15, 0.2) is 53.8 Å². The maximum atomic E-state index is 13.0. The number of rotatable bonds is 2. The van der Waals surface area contributed by atoms with Gasteiger partial charge in [-0.05, 0) is 17.7 Å². The topological polar surface area (TPSA) is 89.9 Å². The normalized spacial score (nSPS) is 19.0. The molecule has 26 heavy (non-hydrogen) atoms. The summed E-state index contributed by atoms with van der Waals surface area (Å²) in [7, 11) is 1.42. The van der Waals surface area contributed by atoms with Gasteiger partial charge in [0, 0.05) is 17.0 Å². The Bertz CT molecular complexity index is 1000. The molecule has 0 saturated carbocycles. The van der Waals surface area contributed by atoms with E-state index in [0.717, 1.165) is 0 Å². The molecule has 1 aliphatic heterocycles. The number of methoxy groups -OCH3 is 1. The lowest BCUT2D eigenvalue weighted by molar-refractivity contribution is -0.140. The number of allylic oxidation sites excluding steroid dienone is 2. The molecule has 0 aromatic heterocycles. The van der Waals surface area contributed by atoms with E-state index in [0.29, 0.717) is 5.56 Å². The minimum atomic E-state index is -0.673. The summed E-state index contributed by atoms with van der Waals surface area (Å²) < 4.78 is 10.2. The first-order valence-electron chi connectivity index (χ1n) is 8.01. The molecule has 0 saturated heterocycles. The third kappa shape index (κ3) is 2.30. The van der Waals surface area contributed by atoms with Crippen LogP contribution in [0.4, 0.5) is 0 Å². The van der Waals surface area contributed by atoms with E-state index in [1.54, 1.807) is 30.3 Å². The Kier molecular flexibility index (Phi) is 3.61. The summed E-state index contributed by atoms with van der Waals surface area (Å²) >= 11 is 0. The van der Waals surface area contributed by atoms with Gasteiger partial charge >= 0.3 is 5.97 Å². The van der Waals surface area contributed by atoms with Crippen LogP contribution >= 0.6 is 0 Å². The number of phenols is 1. The molecule has 130 valence electrons. The largest absolute Gasteiger partial charge is 0.504 e. The summed E-state index contributed by atoms with van der Waals surface area (Å²) in [6.07, 6.45) is -0.0915. The Labute approximate surface area is 148 Å². The lowest BCUT2D eigenvalue weighted by atomic mass is 9.77. The summed E-state index contributed by atoms with van der Waals surface area (Å²) in [4.78, 5) is 37.8. The Morgan fingerprint density at radius 1 is 1.04 bits per heavy atom. The van der Waals surface area contributed by atoms with E-state index >= 15 is 0 Å². The zero-order chi connectivity index (χ0) is 18.4. The Balaban J connectivity index is 1.88. The van der Waals surface area contributed by atoms with Crippen molar-refractivity contribution in [3.8, 4) is 11.5 Å². The second kappa shape index (κ2) is 5.84. The van der Waals surface area contributed by atoms with E-state index in [1.807, 2.05) is 0 Å². The molecule has 0 fully saturated rings. The van der Waals surface area contributed by atoms with E-state index in [1.165, 1.54) is 19.2 Å². The number of carbonyl (C=O) groups is 3. The summed E-state index contributed by atoms with van der Waals surface area (Å²) in [6, 6.07) is 11.1. The third-order valence-electron chi connectivity index (χ3n) is 4.65. The average molecular weight is 350 g/mol. The minimum absolute atomic E-state index is 0.0915. The van der Waals surface area contributed by atoms with Crippen molar-refractivity contribution in [3.05, 3.63) is 70.5 Å². The summed E-state index contributed by atoms with van der Waals surface area (Å²) in [5, 5.41) is 10.1. The van der Waals surface area contributed by atoms with Gasteiger partial charge in [0.25, 0.3) is 0 Å². The SMILES string of the molecule is COc1ccc([C@@H]2CC(=O)OC3=C2C(=O)c2ccccc2C3=O)cc1O. The number of aromatic hydroxyl groups is 1. The van der Waals surface area contributed by atoms with Crippen molar-refractivity contribution in [1.29, 1.82) is 0 Å². The van der Waals surface area contributed by atoms with Gasteiger partial charge in [0.05, 0.1) is 19.1 Å². The number of hydrogen-bond donors (Lipinski definition) is 1. The molecule has 1 heterocycles. The minimum Gasteiger partial charge on any atom is -0.504 e. The second-order valence-electron chi connectivity index (χ2n) is 6.11. The van der Waals surface area contributed by atoms with Gasteiger partial charge in [-0.3, -0.25) is 14.4 Å². The number of ketones is 2. The molecule has 0 unspecified atom stereocenters. The van der Waals surface area contributed by atoms with E-state index in [9.17, 15) is 19.5 Å². The molecule has 6 heteroatoms. The number of Topliss-reactive ketones (excluding diaryl/α,β-unsaturated/α-hetero) is 2. The Morgan fingerprint density at radius 3 is 2.38 bits per heavy atom. The summed E-state index contributed by atoms with van der Waals surface area (Å²) in [5.41, 5.74) is 1.20. The first kappa shape index (κ1) is 16.1. The smallest absolute Gasteiger partial charge is 0.312 e. The second-order valence-corrected chi connectivity index (χ2v) is 6.11. The highest BCUT2D eigenvalue weighted by atomic mass is 16.5. The van der Waals surface area contributed by atoms with Crippen molar-refractivity contribution in [2.45, 2.75) is 12.3 Å².